The number of carbonyl (C=O) groups is 1. The Labute approximate surface area is 164 Å². The molecule has 0 aliphatic carbocycles. The lowest BCUT2D eigenvalue weighted by Gasteiger charge is -2.16. The molecule has 6 heteroatoms. The van der Waals surface area contributed by atoms with Crippen LogP contribution in [0.3, 0.4) is 0 Å². The number of aromatic hydroxyl groups is 1. The molecule has 0 saturated carbocycles. The molecule has 0 heterocycles. The van der Waals surface area contributed by atoms with E-state index in [-0.39, 0.29) is 35.5 Å². The number of aryl methyl sites for hydroxylation is 1. The molecule has 2 N–H and O–H groups in total. The average Bonchev–Trinajstić information content (AvgIpc) is 2.62. The minimum Gasteiger partial charge on any atom is -0.508 e. The zero-order chi connectivity index (χ0) is 20.1. The summed E-state index contributed by atoms with van der Waals surface area (Å²) in [7, 11) is 0. The third-order valence-corrected chi connectivity index (χ3v) is 4.75. The van der Waals surface area contributed by atoms with Crippen molar-refractivity contribution in [2.24, 2.45) is 0 Å². The van der Waals surface area contributed by atoms with Crippen LogP contribution >= 0.6 is 11.6 Å². The van der Waals surface area contributed by atoms with Gasteiger partial charge in [-0.3, -0.25) is 4.79 Å². The molecule has 0 saturated heterocycles. The summed E-state index contributed by atoms with van der Waals surface area (Å²) in [5.41, 5.74) is 3.44. The van der Waals surface area contributed by atoms with Gasteiger partial charge in [-0.25, -0.2) is 4.39 Å². The molecule has 27 heavy (non-hydrogen) atoms. The van der Waals surface area contributed by atoms with Crippen LogP contribution in [0.1, 0.15) is 48.9 Å². The molecule has 0 amide bonds. The number of benzene rings is 2. The molecule has 0 fully saturated rings. The maximum Gasteiger partial charge on any atom is 0.325 e. The summed E-state index contributed by atoms with van der Waals surface area (Å²) in [6.45, 7) is 7.70. The number of phenolic OH excluding ortho intramolecular Hbond substituents is 1. The normalized spacial score (nSPS) is 10.9. The first kappa shape index (κ1) is 21.0. The Morgan fingerprint density at radius 2 is 2.04 bits per heavy atom. The fourth-order valence-corrected chi connectivity index (χ4v) is 3.21. The topological polar surface area (TPSA) is 58.6 Å². The van der Waals surface area contributed by atoms with E-state index < -0.39 is 11.8 Å². The highest BCUT2D eigenvalue weighted by Gasteiger charge is 2.17. The molecule has 2 aromatic carbocycles. The van der Waals surface area contributed by atoms with Gasteiger partial charge in [0.2, 0.25) is 0 Å². The number of ether oxygens (including phenoxy) is 1. The summed E-state index contributed by atoms with van der Waals surface area (Å²) in [6, 6.07) is 7.02. The van der Waals surface area contributed by atoms with Crippen molar-refractivity contribution in [3.05, 3.63) is 57.4 Å². The second-order valence-corrected chi connectivity index (χ2v) is 7.11. The zero-order valence-corrected chi connectivity index (χ0v) is 16.8. The molecule has 0 radical (unpaired) electrons. The minimum absolute atomic E-state index is 0.0283. The van der Waals surface area contributed by atoms with Gasteiger partial charge >= 0.3 is 5.97 Å². The monoisotopic (exact) mass is 393 g/mol. The van der Waals surface area contributed by atoms with Gasteiger partial charge in [0.05, 0.1) is 17.3 Å². The van der Waals surface area contributed by atoms with Gasteiger partial charge in [0.1, 0.15) is 12.3 Å². The molecule has 2 aromatic rings. The predicted molar refractivity (Wildman–Crippen MR) is 106 cm³/mol. The molecule has 0 aliphatic rings. The zero-order valence-electron chi connectivity index (χ0n) is 16.0. The summed E-state index contributed by atoms with van der Waals surface area (Å²) in [5.74, 6) is -0.626. The number of hydrogen-bond donors (Lipinski definition) is 2. The fraction of sp³-hybridized carbons (Fsp3) is 0.381. The molecule has 0 unspecified atom stereocenters. The SMILES string of the molecule is CCOC(=O)CNc1cc(C)c(Cc2ccc(O)c(C(C)C)c2)c(Cl)c1F. The van der Waals surface area contributed by atoms with Gasteiger partial charge in [0.15, 0.2) is 5.82 Å². The summed E-state index contributed by atoms with van der Waals surface area (Å²) >= 11 is 6.28. The van der Waals surface area contributed by atoms with Crippen LogP contribution in [0, 0.1) is 12.7 Å². The lowest BCUT2D eigenvalue weighted by molar-refractivity contribution is -0.140. The van der Waals surface area contributed by atoms with E-state index in [1.54, 1.807) is 19.1 Å². The molecular weight excluding hydrogens is 369 g/mol. The smallest absolute Gasteiger partial charge is 0.325 e. The Morgan fingerprint density at radius 1 is 1.33 bits per heavy atom. The summed E-state index contributed by atoms with van der Waals surface area (Å²) < 4.78 is 19.5. The molecule has 0 spiro atoms. The van der Waals surface area contributed by atoms with Crippen molar-refractivity contribution >= 4 is 23.3 Å². The van der Waals surface area contributed by atoms with E-state index in [0.29, 0.717) is 12.0 Å². The van der Waals surface area contributed by atoms with Crippen molar-refractivity contribution in [1.82, 2.24) is 0 Å². The first-order chi connectivity index (χ1) is 12.7. The molecule has 0 bridgehead atoms. The molecule has 0 aromatic heterocycles. The number of anilines is 1. The van der Waals surface area contributed by atoms with Gasteiger partial charge in [-0.1, -0.05) is 37.6 Å². The van der Waals surface area contributed by atoms with Crippen LogP contribution in [0.25, 0.3) is 0 Å². The number of phenols is 1. The van der Waals surface area contributed by atoms with Gasteiger partial charge < -0.3 is 15.2 Å². The lowest BCUT2D eigenvalue weighted by Crippen LogP contribution is -2.17. The number of halogens is 2. The summed E-state index contributed by atoms with van der Waals surface area (Å²) in [5, 5.41) is 12.7. The summed E-state index contributed by atoms with van der Waals surface area (Å²) in [6.07, 6.45) is 0.444. The van der Waals surface area contributed by atoms with E-state index >= 15 is 0 Å². The molecule has 4 nitrogen and oxygen atoms in total. The van der Waals surface area contributed by atoms with Crippen LogP contribution < -0.4 is 5.32 Å². The maximum atomic E-state index is 14.7. The largest absolute Gasteiger partial charge is 0.508 e. The third-order valence-electron chi connectivity index (χ3n) is 4.35. The molecule has 2 rings (SSSR count). The lowest BCUT2D eigenvalue weighted by atomic mass is 9.94. The Kier molecular flexibility index (Phi) is 7.08. The maximum absolute atomic E-state index is 14.7. The quantitative estimate of drug-likeness (QED) is 0.636. The van der Waals surface area contributed by atoms with Crippen LogP contribution in [0.2, 0.25) is 5.02 Å². The van der Waals surface area contributed by atoms with E-state index in [1.165, 1.54) is 0 Å². The van der Waals surface area contributed by atoms with Crippen LogP contribution in [0.15, 0.2) is 24.3 Å². The van der Waals surface area contributed by atoms with Crippen molar-refractivity contribution in [3.8, 4) is 5.75 Å². The van der Waals surface area contributed by atoms with E-state index in [2.05, 4.69) is 5.32 Å². The van der Waals surface area contributed by atoms with Gasteiger partial charge in [-0.15, -0.1) is 0 Å². The molecular formula is C21H25ClFNO3. The van der Waals surface area contributed by atoms with Gasteiger partial charge in [0, 0.05) is 0 Å². The predicted octanol–water partition coefficient (Wildman–Crippen LogP) is 5.18. The number of nitrogens with one attached hydrogen (secondary N) is 1. The Bertz CT molecular complexity index is 837. The van der Waals surface area contributed by atoms with Crippen molar-refractivity contribution in [2.45, 2.75) is 40.0 Å². The second kappa shape index (κ2) is 9.09. The van der Waals surface area contributed by atoms with Gasteiger partial charge in [-0.2, -0.15) is 0 Å². The number of hydrogen-bond acceptors (Lipinski definition) is 4. The van der Waals surface area contributed by atoms with E-state index in [0.717, 1.165) is 16.7 Å². The third kappa shape index (κ3) is 5.13. The molecule has 0 atom stereocenters. The van der Waals surface area contributed by atoms with Gasteiger partial charge in [0.25, 0.3) is 0 Å². The fourth-order valence-electron chi connectivity index (χ4n) is 2.90. The standard InChI is InChI=1S/C21H25ClFNO3/c1-5-27-19(26)11-24-17-8-13(4)16(20(22)21(17)23)10-14-6-7-18(25)15(9-14)12(2)3/h6-9,12,24-25H,5,10-11H2,1-4H3. The summed E-state index contributed by atoms with van der Waals surface area (Å²) in [4.78, 5) is 11.5. The number of carbonyl (C=O) groups excluding carboxylic acids is 1. The average molecular weight is 394 g/mol. The van der Waals surface area contributed by atoms with Crippen molar-refractivity contribution in [2.75, 3.05) is 18.5 Å². The van der Waals surface area contributed by atoms with Crippen LogP contribution in [-0.4, -0.2) is 24.2 Å². The van der Waals surface area contributed by atoms with E-state index in [4.69, 9.17) is 16.3 Å². The first-order valence-electron chi connectivity index (χ1n) is 8.93. The van der Waals surface area contributed by atoms with E-state index in [1.807, 2.05) is 32.9 Å². The van der Waals surface area contributed by atoms with Crippen LogP contribution in [-0.2, 0) is 16.0 Å². The Morgan fingerprint density at radius 3 is 2.67 bits per heavy atom. The van der Waals surface area contributed by atoms with Crippen molar-refractivity contribution in [3.63, 3.8) is 0 Å². The molecule has 0 aliphatic heterocycles. The highest BCUT2D eigenvalue weighted by atomic mass is 35.5. The second-order valence-electron chi connectivity index (χ2n) is 6.73. The highest BCUT2D eigenvalue weighted by molar-refractivity contribution is 6.32. The Balaban J connectivity index is 2.27. The number of rotatable bonds is 7. The van der Waals surface area contributed by atoms with Crippen LogP contribution in [0.4, 0.5) is 10.1 Å². The van der Waals surface area contributed by atoms with Crippen molar-refractivity contribution in [1.29, 1.82) is 0 Å². The van der Waals surface area contributed by atoms with Crippen LogP contribution in [0.5, 0.6) is 5.75 Å². The highest BCUT2D eigenvalue weighted by Crippen LogP contribution is 2.33. The molecule has 146 valence electrons. The first-order valence-corrected chi connectivity index (χ1v) is 9.31. The van der Waals surface area contributed by atoms with Gasteiger partial charge in [-0.05, 0) is 60.6 Å². The van der Waals surface area contributed by atoms with E-state index in [9.17, 15) is 14.3 Å². The minimum atomic E-state index is -0.593. The van der Waals surface area contributed by atoms with Crippen molar-refractivity contribution < 1.29 is 19.0 Å². The Hall–Kier alpha value is -2.27. The number of esters is 1.